The molecule has 0 amide bonds. The van der Waals surface area contributed by atoms with Crippen molar-refractivity contribution in [1.82, 2.24) is 5.32 Å². The van der Waals surface area contributed by atoms with Gasteiger partial charge >= 0.3 is 0 Å². The summed E-state index contributed by atoms with van der Waals surface area (Å²) in [5.74, 6) is 1.05. The van der Waals surface area contributed by atoms with Gasteiger partial charge in [-0.2, -0.15) is 0 Å². The predicted octanol–water partition coefficient (Wildman–Crippen LogP) is 3.61. The predicted molar refractivity (Wildman–Crippen MR) is 87.5 cm³/mol. The second-order valence-electron chi connectivity index (χ2n) is 5.51. The maximum absolute atomic E-state index is 6.23. The Hall–Kier alpha value is -0.770. The minimum atomic E-state index is 0.402. The van der Waals surface area contributed by atoms with Gasteiger partial charge in [-0.25, -0.2) is 0 Å². The van der Waals surface area contributed by atoms with Gasteiger partial charge in [-0.05, 0) is 49.1 Å². The van der Waals surface area contributed by atoms with E-state index in [0.717, 1.165) is 62.8 Å². The summed E-state index contributed by atoms with van der Waals surface area (Å²) in [6.45, 7) is 7.65. The zero-order chi connectivity index (χ0) is 15.1. The highest BCUT2D eigenvalue weighted by molar-refractivity contribution is 6.30. The fourth-order valence-electron chi connectivity index (χ4n) is 2.80. The molecule has 21 heavy (non-hydrogen) atoms. The first kappa shape index (κ1) is 16.6. The van der Waals surface area contributed by atoms with Crippen LogP contribution in [0.4, 0.5) is 0 Å². The fraction of sp³-hybridized carbons (Fsp3) is 0.647. The lowest BCUT2D eigenvalue weighted by atomic mass is 10.00. The maximum Gasteiger partial charge on any atom is 0.125 e. The lowest BCUT2D eigenvalue weighted by Crippen LogP contribution is -2.32. The van der Waals surface area contributed by atoms with Gasteiger partial charge in [0.15, 0.2) is 0 Å². The van der Waals surface area contributed by atoms with Crippen molar-refractivity contribution in [2.45, 2.75) is 45.6 Å². The quantitative estimate of drug-likeness (QED) is 0.707. The van der Waals surface area contributed by atoms with Crippen molar-refractivity contribution in [2.24, 2.45) is 0 Å². The molecule has 1 unspecified atom stereocenters. The second kappa shape index (κ2) is 8.62. The van der Waals surface area contributed by atoms with E-state index in [9.17, 15) is 0 Å². The number of likely N-dealkylation sites (N-methyl/N-ethyl adjacent to an activating group) is 1. The Balaban J connectivity index is 1.99. The van der Waals surface area contributed by atoms with Crippen molar-refractivity contribution in [3.8, 4) is 5.75 Å². The lowest BCUT2D eigenvalue weighted by Gasteiger charge is -2.19. The van der Waals surface area contributed by atoms with Gasteiger partial charge in [0.1, 0.15) is 5.75 Å². The van der Waals surface area contributed by atoms with E-state index < -0.39 is 0 Å². The highest BCUT2D eigenvalue weighted by atomic mass is 35.5. The zero-order valence-corrected chi connectivity index (χ0v) is 13.8. The summed E-state index contributed by atoms with van der Waals surface area (Å²) in [5, 5.41) is 4.35. The molecule has 4 heteroatoms. The van der Waals surface area contributed by atoms with Crippen LogP contribution in [0.25, 0.3) is 0 Å². The molecule has 1 N–H and O–H groups in total. The van der Waals surface area contributed by atoms with Gasteiger partial charge in [0.05, 0.1) is 6.61 Å². The third-order valence-corrected chi connectivity index (χ3v) is 3.96. The Morgan fingerprint density at radius 3 is 2.95 bits per heavy atom. The van der Waals surface area contributed by atoms with E-state index in [4.69, 9.17) is 21.1 Å². The first-order valence-electron chi connectivity index (χ1n) is 7.99. The number of hydrogen-bond donors (Lipinski definition) is 1. The summed E-state index contributed by atoms with van der Waals surface area (Å²) in [6, 6.07) is 4.47. The molecule has 1 atom stereocenters. The van der Waals surface area contributed by atoms with Crippen LogP contribution in [0.15, 0.2) is 12.1 Å². The van der Waals surface area contributed by atoms with Crippen LogP contribution in [-0.4, -0.2) is 32.4 Å². The van der Waals surface area contributed by atoms with Gasteiger partial charge < -0.3 is 14.8 Å². The van der Waals surface area contributed by atoms with Crippen molar-refractivity contribution in [1.29, 1.82) is 0 Å². The molecule has 0 aromatic heterocycles. The summed E-state index contributed by atoms with van der Waals surface area (Å²) in [6.07, 6.45) is 3.98. The minimum Gasteiger partial charge on any atom is -0.493 e. The monoisotopic (exact) mass is 311 g/mol. The molecule has 0 aliphatic carbocycles. The first-order chi connectivity index (χ1) is 10.2. The molecule has 0 saturated carbocycles. The van der Waals surface area contributed by atoms with E-state index in [1.54, 1.807) is 0 Å². The van der Waals surface area contributed by atoms with E-state index in [1.807, 2.05) is 12.1 Å². The molecule has 118 valence electrons. The van der Waals surface area contributed by atoms with E-state index >= 15 is 0 Å². The van der Waals surface area contributed by atoms with Crippen LogP contribution < -0.4 is 10.1 Å². The largest absolute Gasteiger partial charge is 0.493 e. The fourth-order valence-corrected chi connectivity index (χ4v) is 3.06. The molecule has 1 aliphatic heterocycles. The smallest absolute Gasteiger partial charge is 0.125 e. The van der Waals surface area contributed by atoms with Crippen LogP contribution in [-0.2, 0) is 17.6 Å². The van der Waals surface area contributed by atoms with Crippen molar-refractivity contribution in [3.05, 3.63) is 28.3 Å². The molecule has 2 rings (SSSR count). The van der Waals surface area contributed by atoms with Crippen LogP contribution >= 0.6 is 11.6 Å². The van der Waals surface area contributed by atoms with Crippen molar-refractivity contribution in [2.75, 3.05) is 26.4 Å². The number of rotatable bonds is 9. The van der Waals surface area contributed by atoms with Crippen LogP contribution in [0.3, 0.4) is 0 Å². The topological polar surface area (TPSA) is 30.5 Å². The summed E-state index contributed by atoms with van der Waals surface area (Å²) in [4.78, 5) is 0. The van der Waals surface area contributed by atoms with Crippen molar-refractivity contribution in [3.63, 3.8) is 0 Å². The number of nitrogens with one attached hydrogen (secondary N) is 1. The molecule has 3 nitrogen and oxygen atoms in total. The van der Waals surface area contributed by atoms with Crippen LogP contribution in [0, 0.1) is 0 Å². The van der Waals surface area contributed by atoms with E-state index in [2.05, 4.69) is 19.2 Å². The van der Waals surface area contributed by atoms with Crippen molar-refractivity contribution < 1.29 is 9.47 Å². The van der Waals surface area contributed by atoms with Gasteiger partial charge in [0.2, 0.25) is 0 Å². The molecule has 1 aromatic carbocycles. The number of benzene rings is 1. The van der Waals surface area contributed by atoms with Crippen LogP contribution in [0.2, 0.25) is 5.02 Å². The van der Waals surface area contributed by atoms with Crippen molar-refractivity contribution >= 4 is 11.6 Å². The summed E-state index contributed by atoms with van der Waals surface area (Å²) in [7, 11) is 0. The van der Waals surface area contributed by atoms with E-state index in [0.29, 0.717) is 6.04 Å². The summed E-state index contributed by atoms with van der Waals surface area (Å²) >= 11 is 6.23. The van der Waals surface area contributed by atoms with Crippen LogP contribution in [0.5, 0.6) is 5.75 Å². The highest BCUT2D eigenvalue weighted by Gasteiger charge is 2.20. The highest BCUT2D eigenvalue weighted by Crippen LogP contribution is 2.33. The van der Waals surface area contributed by atoms with Crippen LogP contribution in [0.1, 0.15) is 37.8 Å². The maximum atomic E-state index is 6.23. The number of hydrogen-bond acceptors (Lipinski definition) is 3. The molecule has 0 saturated heterocycles. The molecular weight excluding hydrogens is 286 g/mol. The molecular formula is C17H26ClNO2. The number of halogens is 1. The molecule has 0 fully saturated rings. The first-order valence-corrected chi connectivity index (χ1v) is 8.37. The van der Waals surface area contributed by atoms with Gasteiger partial charge in [-0.3, -0.25) is 0 Å². The number of fused-ring (bicyclic) bond motifs is 1. The Morgan fingerprint density at radius 1 is 1.33 bits per heavy atom. The van der Waals surface area contributed by atoms with Gasteiger partial charge in [-0.15, -0.1) is 0 Å². The average molecular weight is 312 g/mol. The number of ether oxygens (including phenoxy) is 2. The van der Waals surface area contributed by atoms with Gasteiger partial charge in [0, 0.05) is 30.7 Å². The molecule has 1 heterocycles. The van der Waals surface area contributed by atoms with E-state index in [-0.39, 0.29) is 0 Å². The molecule has 1 aromatic rings. The third kappa shape index (κ3) is 4.87. The summed E-state index contributed by atoms with van der Waals surface area (Å²) in [5.41, 5.74) is 2.46. The Bertz CT molecular complexity index is 451. The van der Waals surface area contributed by atoms with E-state index in [1.165, 1.54) is 11.1 Å². The molecule has 0 spiro atoms. The standard InChI is InChI=1S/C17H26ClNO2/c1-3-7-20-8-6-16(19-4-2)12-14-11-15(18)10-13-5-9-21-17(13)14/h10-11,16,19H,3-9,12H2,1-2H3. The van der Waals surface area contributed by atoms with Gasteiger partial charge in [-0.1, -0.05) is 25.4 Å². The zero-order valence-electron chi connectivity index (χ0n) is 13.1. The summed E-state index contributed by atoms with van der Waals surface area (Å²) < 4.78 is 11.4. The molecule has 0 bridgehead atoms. The average Bonchev–Trinajstić information content (AvgIpc) is 2.92. The SMILES string of the molecule is CCCOCCC(Cc1cc(Cl)cc2c1OCC2)NCC. The Labute approximate surface area is 133 Å². The second-order valence-corrected chi connectivity index (χ2v) is 5.95. The molecule has 0 radical (unpaired) electrons. The molecule has 1 aliphatic rings. The third-order valence-electron chi connectivity index (χ3n) is 3.74. The normalized spacial score (nSPS) is 14.8. The minimum absolute atomic E-state index is 0.402. The Kier molecular flexibility index (Phi) is 6.81. The Morgan fingerprint density at radius 2 is 2.19 bits per heavy atom. The lowest BCUT2D eigenvalue weighted by molar-refractivity contribution is 0.124. The van der Waals surface area contributed by atoms with Gasteiger partial charge in [0.25, 0.3) is 0 Å².